The standard InChI is InChI=1S/C17H23NO6/c1-5-23-14(21)17(13(19)20,11-12-9-7-6-8-10-12)18-15(22)24-16(2,3)4/h6-10H,5,11H2,1-4H3,(H,18,22)(H,19,20). The van der Waals surface area contributed by atoms with Crippen LogP contribution in [-0.4, -0.2) is 40.9 Å². The van der Waals surface area contributed by atoms with Gasteiger partial charge in [-0.2, -0.15) is 0 Å². The first kappa shape index (κ1) is 19.5. The minimum atomic E-state index is -2.26. The van der Waals surface area contributed by atoms with Crippen LogP contribution in [0, 0.1) is 0 Å². The van der Waals surface area contributed by atoms with Gasteiger partial charge in [-0.3, -0.25) is 5.32 Å². The van der Waals surface area contributed by atoms with Crippen LogP contribution < -0.4 is 5.32 Å². The third-order valence-electron chi connectivity index (χ3n) is 3.02. The normalized spacial score (nSPS) is 13.5. The number of carboxylic acids is 1. The average molecular weight is 337 g/mol. The van der Waals surface area contributed by atoms with Gasteiger partial charge in [0, 0.05) is 6.42 Å². The minimum Gasteiger partial charge on any atom is -0.479 e. The molecule has 0 radical (unpaired) electrons. The second kappa shape index (κ2) is 7.81. The maximum Gasteiger partial charge on any atom is 0.409 e. The maximum atomic E-state index is 12.3. The van der Waals surface area contributed by atoms with Gasteiger partial charge in [0.2, 0.25) is 5.54 Å². The van der Waals surface area contributed by atoms with E-state index in [1.165, 1.54) is 0 Å². The van der Waals surface area contributed by atoms with Gasteiger partial charge in [-0.1, -0.05) is 30.3 Å². The van der Waals surface area contributed by atoms with Crippen molar-refractivity contribution in [3.63, 3.8) is 0 Å². The Labute approximate surface area is 141 Å². The second-order valence-corrected chi connectivity index (χ2v) is 6.22. The zero-order valence-corrected chi connectivity index (χ0v) is 14.3. The van der Waals surface area contributed by atoms with Crippen molar-refractivity contribution < 1.29 is 29.0 Å². The molecule has 7 nitrogen and oxygen atoms in total. The Kier molecular flexibility index (Phi) is 6.34. The Hall–Kier alpha value is -2.57. The van der Waals surface area contributed by atoms with Crippen molar-refractivity contribution in [2.24, 2.45) is 0 Å². The maximum absolute atomic E-state index is 12.3. The van der Waals surface area contributed by atoms with Crippen molar-refractivity contribution in [2.45, 2.75) is 45.3 Å². The molecule has 1 aromatic carbocycles. The number of ether oxygens (including phenoxy) is 2. The summed E-state index contributed by atoms with van der Waals surface area (Å²) < 4.78 is 9.97. The fraction of sp³-hybridized carbons (Fsp3) is 0.471. The predicted octanol–water partition coefficient (Wildman–Crippen LogP) is 2.14. The van der Waals surface area contributed by atoms with Gasteiger partial charge >= 0.3 is 18.0 Å². The third kappa shape index (κ3) is 5.26. The number of amides is 1. The quantitative estimate of drug-likeness (QED) is 0.609. The number of rotatable bonds is 6. The molecular formula is C17H23NO6. The van der Waals surface area contributed by atoms with Crippen LogP contribution in [0.4, 0.5) is 4.79 Å². The average Bonchev–Trinajstić information content (AvgIpc) is 2.45. The highest BCUT2D eigenvalue weighted by Crippen LogP contribution is 2.18. The number of hydrogen-bond donors (Lipinski definition) is 2. The van der Waals surface area contributed by atoms with E-state index >= 15 is 0 Å². The molecule has 0 bridgehead atoms. The van der Waals surface area contributed by atoms with E-state index in [4.69, 9.17) is 9.47 Å². The number of nitrogens with one attached hydrogen (secondary N) is 1. The summed E-state index contributed by atoms with van der Waals surface area (Å²) in [7, 11) is 0. The molecule has 1 unspecified atom stereocenters. The molecule has 0 heterocycles. The van der Waals surface area contributed by atoms with Crippen LogP contribution in [0.25, 0.3) is 0 Å². The van der Waals surface area contributed by atoms with Gasteiger partial charge in [-0.05, 0) is 33.3 Å². The third-order valence-corrected chi connectivity index (χ3v) is 3.02. The summed E-state index contributed by atoms with van der Waals surface area (Å²) >= 11 is 0. The first-order chi connectivity index (χ1) is 11.1. The smallest absolute Gasteiger partial charge is 0.409 e. The monoisotopic (exact) mass is 337 g/mol. The second-order valence-electron chi connectivity index (χ2n) is 6.22. The van der Waals surface area contributed by atoms with E-state index < -0.39 is 29.2 Å². The summed E-state index contributed by atoms with van der Waals surface area (Å²) in [6.07, 6.45) is -1.27. The molecule has 1 amide bonds. The van der Waals surface area contributed by atoms with Gasteiger partial charge in [0.15, 0.2) is 0 Å². The highest BCUT2D eigenvalue weighted by Gasteiger charge is 2.50. The van der Waals surface area contributed by atoms with E-state index in [9.17, 15) is 19.5 Å². The largest absolute Gasteiger partial charge is 0.479 e. The molecule has 7 heteroatoms. The van der Waals surface area contributed by atoms with Gasteiger partial charge in [-0.25, -0.2) is 14.4 Å². The van der Waals surface area contributed by atoms with E-state index in [1.54, 1.807) is 58.0 Å². The molecule has 1 rings (SSSR count). The van der Waals surface area contributed by atoms with Gasteiger partial charge in [0.25, 0.3) is 0 Å². The molecule has 1 atom stereocenters. The molecule has 24 heavy (non-hydrogen) atoms. The Balaban J connectivity index is 3.19. The molecule has 0 saturated carbocycles. The first-order valence-corrected chi connectivity index (χ1v) is 7.56. The van der Waals surface area contributed by atoms with E-state index in [-0.39, 0.29) is 13.0 Å². The highest BCUT2D eigenvalue weighted by molar-refractivity contribution is 6.06. The van der Waals surface area contributed by atoms with E-state index in [1.807, 2.05) is 0 Å². The Bertz CT molecular complexity index is 593. The summed E-state index contributed by atoms with van der Waals surface area (Å²) in [4.78, 5) is 36.3. The summed E-state index contributed by atoms with van der Waals surface area (Å²) in [6.45, 7) is 6.45. The zero-order chi connectivity index (χ0) is 18.4. The van der Waals surface area contributed by atoms with Crippen molar-refractivity contribution >= 4 is 18.0 Å². The molecule has 0 aliphatic carbocycles. The lowest BCUT2D eigenvalue weighted by atomic mass is 9.90. The lowest BCUT2D eigenvalue weighted by Crippen LogP contribution is -2.62. The fourth-order valence-electron chi connectivity index (χ4n) is 2.02. The molecule has 0 spiro atoms. The van der Waals surface area contributed by atoms with Gasteiger partial charge in [0.05, 0.1) is 6.61 Å². The number of hydrogen-bond acceptors (Lipinski definition) is 5. The van der Waals surface area contributed by atoms with Gasteiger partial charge in [-0.15, -0.1) is 0 Å². The van der Waals surface area contributed by atoms with Gasteiger partial charge < -0.3 is 14.6 Å². The topological polar surface area (TPSA) is 102 Å². The molecule has 0 aromatic heterocycles. The van der Waals surface area contributed by atoms with Crippen LogP contribution >= 0.6 is 0 Å². The fourth-order valence-corrected chi connectivity index (χ4v) is 2.02. The van der Waals surface area contributed by atoms with Crippen molar-refractivity contribution in [1.82, 2.24) is 5.32 Å². The molecule has 0 fully saturated rings. The lowest BCUT2D eigenvalue weighted by Gasteiger charge is -2.29. The van der Waals surface area contributed by atoms with Crippen LogP contribution in [0.1, 0.15) is 33.3 Å². The Morgan fingerprint density at radius 2 is 1.71 bits per heavy atom. The zero-order valence-electron chi connectivity index (χ0n) is 14.3. The van der Waals surface area contributed by atoms with Crippen LogP contribution in [0.2, 0.25) is 0 Å². The Morgan fingerprint density at radius 1 is 1.12 bits per heavy atom. The van der Waals surface area contributed by atoms with E-state index in [0.717, 1.165) is 0 Å². The highest BCUT2D eigenvalue weighted by atomic mass is 16.6. The predicted molar refractivity (Wildman–Crippen MR) is 86.5 cm³/mol. The van der Waals surface area contributed by atoms with Crippen molar-refractivity contribution in [1.29, 1.82) is 0 Å². The number of aliphatic carboxylic acids is 1. The van der Waals surface area contributed by atoms with Crippen LogP contribution in [0.15, 0.2) is 30.3 Å². The van der Waals surface area contributed by atoms with Crippen molar-refractivity contribution in [3.8, 4) is 0 Å². The Morgan fingerprint density at radius 3 is 2.17 bits per heavy atom. The number of alkyl carbamates (subject to hydrolysis) is 1. The number of carbonyl (C=O) groups excluding carboxylic acids is 2. The molecule has 0 aliphatic rings. The lowest BCUT2D eigenvalue weighted by molar-refractivity contribution is -0.162. The summed E-state index contributed by atoms with van der Waals surface area (Å²) in [5.41, 5.74) is -2.54. The minimum absolute atomic E-state index is 0.0152. The van der Waals surface area contributed by atoms with Crippen LogP contribution in [-0.2, 0) is 25.5 Å². The summed E-state index contributed by atoms with van der Waals surface area (Å²) in [6, 6.07) is 8.50. The molecule has 0 aliphatic heterocycles. The number of benzene rings is 1. The van der Waals surface area contributed by atoms with Gasteiger partial charge in [0.1, 0.15) is 5.60 Å². The van der Waals surface area contributed by atoms with Crippen molar-refractivity contribution in [2.75, 3.05) is 6.61 Å². The van der Waals surface area contributed by atoms with E-state index in [0.29, 0.717) is 5.56 Å². The molecule has 0 saturated heterocycles. The summed E-state index contributed by atoms with van der Waals surface area (Å²) in [5, 5.41) is 11.8. The number of esters is 1. The molecule has 1 aromatic rings. The summed E-state index contributed by atoms with van der Waals surface area (Å²) in [5.74, 6) is -2.57. The molecule has 132 valence electrons. The molecule has 2 N–H and O–H groups in total. The van der Waals surface area contributed by atoms with Crippen LogP contribution in [0.3, 0.4) is 0 Å². The van der Waals surface area contributed by atoms with Crippen molar-refractivity contribution in [3.05, 3.63) is 35.9 Å². The SMILES string of the molecule is CCOC(=O)C(Cc1ccccc1)(NC(=O)OC(C)(C)C)C(=O)O. The van der Waals surface area contributed by atoms with E-state index in [2.05, 4.69) is 5.32 Å². The number of carboxylic acid groups (broad SMARTS) is 1. The first-order valence-electron chi connectivity index (χ1n) is 7.56. The number of carbonyl (C=O) groups is 3. The molecular weight excluding hydrogens is 314 g/mol. The van der Waals surface area contributed by atoms with Crippen LogP contribution in [0.5, 0.6) is 0 Å².